The molecule has 0 heterocycles. The zero-order chi connectivity index (χ0) is 45.0. The first-order valence-corrected chi connectivity index (χ1v) is 24.9. The number of unbranched alkanes of at least 4 members (excludes halogenated alkanes) is 1. The van der Waals surface area contributed by atoms with Crippen LogP contribution in [0.2, 0.25) is 0 Å². The van der Waals surface area contributed by atoms with Gasteiger partial charge in [0.2, 0.25) is 11.8 Å². The zero-order valence-electron chi connectivity index (χ0n) is 39.3. The van der Waals surface area contributed by atoms with Crippen molar-refractivity contribution < 1.29 is 29.7 Å². The van der Waals surface area contributed by atoms with Crippen LogP contribution in [0.3, 0.4) is 0 Å². The summed E-state index contributed by atoms with van der Waals surface area (Å²) in [6.45, 7) is 12.1. The Morgan fingerprint density at radius 3 is 1.85 bits per heavy atom. The van der Waals surface area contributed by atoms with Gasteiger partial charge in [-0.25, -0.2) is 4.79 Å². The van der Waals surface area contributed by atoms with Crippen LogP contribution < -0.4 is 10.6 Å². The van der Waals surface area contributed by atoms with Crippen molar-refractivity contribution >= 4 is 17.8 Å². The summed E-state index contributed by atoms with van der Waals surface area (Å²) >= 11 is 0. The molecule has 0 spiro atoms. The lowest BCUT2D eigenvalue weighted by atomic mass is 9.41. The number of carboxylic acid groups (broad SMARTS) is 1. The summed E-state index contributed by atoms with van der Waals surface area (Å²) in [5.74, 6) is 1.47. The fourth-order valence-corrected chi connectivity index (χ4v) is 12.7. The highest BCUT2D eigenvalue weighted by atomic mass is 16.4. The van der Waals surface area contributed by atoms with E-state index in [1.807, 2.05) is 6.08 Å². The van der Waals surface area contributed by atoms with E-state index < -0.39 is 12.0 Å². The Morgan fingerprint density at radius 2 is 1.26 bits per heavy atom. The van der Waals surface area contributed by atoms with E-state index >= 15 is 0 Å². The van der Waals surface area contributed by atoms with E-state index in [4.69, 9.17) is 0 Å². The van der Waals surface area contributed by atoms with Crippen molar-refractivity contribution in [2.75, 3.05) is 6.54 Å². The highest BCUT2D eigenvalue weighted by Crippen LogP contribution is 2.69. The quantitative estimate of drug-likeness (QED) is 0.0434. The van der Waals surface area contributed by atoms with E-state index in [-0.39, 0.29) is 40.8 Å². The van der Waals surface area contributed by atoms with Gasteiger partial charge in [-0.05, 0) is 168 Å². The molecule has 4 saturated carbocycles. The van der Waals surface area contributed by atoms with E-state index in [2.05, 4.69) is 112 Å². The third-order valence-electron chi connectivity index (χ3n) is 16.0. The minimum atomic E-state index is -1.02. The second-order valence-electron chi connectivity index (χ2n) is 19.9. The number of carboxylic acids is 1. The number of aliphatic hydroxyl groups is 2. The van der Waals surface area contributed by atoms with Crippen LogP contribution in [0.4, 0.5) is 0 Å². The molecule has 2 amide bonds. The molecule has 0 radical (unpaired) electrons. The van der Waals surface area contributed by atoms with Crippen molar-refractivity contribution in [1.82, 2.24) is 10.6 Å². The fourth-order valence-electron chi connectivity index (χ4n) is 12.7. The van der Waals surface area contributed by atoms with E-state index in [9.17, 15) is 29.7 Å². The van der Waals surface area contributed by atoms with Gasteiger partial charge in [-0.15, -0.1) is 0 Å². The first-order chi connectivity index (χ1) is 29.9. The minimum absolute atomic E-state index is 0.00910. The largest absolute Gasteiger partial charge is 0.480 e. The summed E-state index contributed by atoms with van der Waals surface area (Å²) in [7, 11) is 0. The maximum atomic E-state index is 13.1. The molecule has 4 fully saturated rings. The number of carbonyl (C=O) groups is 3. The van der Waals surface area contributed by atoms with Crippen LogP contribution in [0.15, 0.2) is 72.9 Å². The lowest BCUT2D eigenvalue weighted by molar-refractivity contribution is -0.203. The molecular formula is C54H86N2O6. The molecule has 0 aliphatic heterocycles. The van der Waals surface area contributed by atoms with E-state index in [1.165, 1.54) is 0 Å². The third-order valence-corrected chi connectivity index (χ3v) is 16.0. The molecule has 0 aromatic rings. The van der Waals surface area contributed by atoms with Gasteiger partial charge < -0.3 is 26.0 Å². The smallest absolute Gasteiger partial charge is 0.326 e. The van der Waals surface area contributed by atoms with E-state index in [0.29, 0.717) is 80.6 Å². The van der Waals surface area contributed by atoms with Gasteiger partial charge in [0.1, 0.15) is 6.04 Å². The van der Waals surface area contributed by atoms with Crippen molar-refractivity contribution in [3.8, 4) is 0 Å². The molecule has 4 aliphatic rings. The summed E-state index contributed by atoms with van der Waals surface area (Å²) in [4.78, 5) is 37.5. The molecule has 0 saturated heterocycles. The summed E-state index contributed by atoms with van der Waals surface area (Å²) in [5.41, 5.74) is 0.305. The topological polar surface area (TPSA) is 136 Å². The first kappa shape index (κ1) is 51.4. The minimum Gasteiger partial charge on any atom is -0.480 e. The van der Waals surface area contributed by atoms with Crippen LogP contribution in [0.5, 0.6) is 0 Å². The molecule has 8 heteroatoms. The van der Waals surface area contributed by atoms with E-state index in [1.54, 1.807) is 0 Å². The number of aliphatic hydroxyl groups excluding tert-OH is 2. The molecular weight excluding hydrogens is 773 g/mol. The number of allylic oxidation sites excluding steroid dienone is 12. The number of fused-ring (bicyclic) bond motifs is 5. The molecule has 0 bridgehead atoms. The average molecular weight is 859 g/mol. The monoisotopic (exact) mass is 859 g/mol. The zero-order valence-corrected chi connectivity index (χ0v) is 39.3. The second kappa shape index (κ2) is 26.5. The SMILES string of the molecule is CC/C=C\C/C=C\C/C=C\C/C=C\C/C=C\C/C=C\CCC(=O)NCCCCC(NC(=O)CC[C@@H](C)C1CC[C@H]2[C@@H]3[C@H](O)[C@H](CC)[C@@H]4C[C@H](O)CC[C@]4(C)[C@H]3CC[C@]12C)C(=O)O. The molecule has 8 nitrogen and oxygen atoms in total. The van der Waals surface area contributed by atoms with Crippen LogP contribution in [-0.4, -0.2) is 57.9 Å². The molecule has 62 heavy (non-hydrogen) atoms. The van der Waals surface area contributed by atoms with Crippen LogP contribution in [0.1, 0.15) is 169 Å². The van der Waals surface area contributed by atoms with Crippen molar-refractivity contribution in [3.05, 3.63) is 72.9 Å². The summed E-state index contributed by atoms with van der Waals surface area (Å²) in [6.07, 6.45) is 43.1. The molecule has 4 rings (SSSR count). The fraction of sp³-hybridized carbons (Fsp3) is 0.722. The Balaban J connectivity index is 1.07. The van der Waals surface area contributed by atoms with Crippen molar-refractivity contribution in [1.29, 1.82) is 0 Å². The Morgan fingerprint density at radius 1 is 0.677 bits per heavy atom. The Hall–Kier alpha value is -3.23. The number of hydrogen-bond donors (Lipinski definition) is 5. The van der Waals surface area contributed by atoms with Crippen LogP contribution in [-0.2, 0) is 14.4 Å². The molecule has 0 aromatic carbocycles. The Labute approximate surface area is 376 Å². The highest BCUT2D eigenvalue weighted by molar-refractivity contribution is 5.83. The second-order valence-corrected chi connectivity index (χ2v) is 19.9. The number of hydrogen-bond acceptors (Lipinski definition) is 5. The highest BCUT2D eigenvalue weighted by Gasteiger charge is 2.64. The van der Waals surface area contributed by atoms with E-state index in [0.717, 1.165) is 96.3 Å². The van der Waals surface area contributed by atoms with Crippen molar-refractivity contribution in [2.24, 2.45) is 52.3 Å². The number of rotatable bonds is 26. The number of aliphatic carboxylic acids is 1. The van der Waals surface area contributed by atoms with Crippen molar-refractivity contribution in [2.45, 2.75) is 188 Å². The predicted molar refractivity (Wildman–Crippen MR) is 254 cm³/mol. The van der Waals surface area contributed by atoms with Gasteiger partial charge in [0.15, 0.2) is 0 Å². The summed E-state index contributed by atoms with van der Waals surface area (Å²) in [6, 6.07) is -0.935. The summed E-state index contributed by atoms with van der Waals surface area (Å²) < 4.78 is 0. The Bertz CT molecular complexity index is 1560. The molecule has 2 unspecified atom stereocenters. The maximum Gasteiger partial charge on any atom is 0.326 e. The van der Waals surface area contributed by atoms with Gasteiger partial charge in [-0.3, -0.25) is 9.59 Å². The molecule has 12 atom stereocenters. The standard InChI is InChI=1S/C54H86N2O6/c1-6-8-9-10-11-12-13-14-15-16-17-18-19-20-21-22-23-24-25-29-48(58)55-38-27-26-28-47(52(61)62)56-49(59)33-30-40(3)43-31-32-44-50-45(35-37-53(43,44)4)54(5)36-34-41(57)39-46(54)42(7-2)51(50)60/h8-9,11-12,14-15,17-18,20-21,23-24,40-47,50-51,57,60H,6-7,10,13,16,19,22,25-39H2,1-5H3,(H,55,58)(H,56,59)(H,61,62)/b9-8-,12-11-,15-14-,18-17-,21-20-,24-23-/t40-,41-,42-,43?,44+,45+,46+,47?,50+,51-,53-,54-/m1/s1. The van der Waals surface area contributed by atoms with Gasteiger partial charge in [-0.2, -0.15) is 0 Å². The van der Waals surface area contributed by atoms with Crippen LogP contribution in [0, 0.1) is 52.3 Å². The van der Waals surface area contributed by atoms with Crippen LogP contribution in [0.25, 0.3) is 0 Å². The maximum absolute atomic E-state index is 13.1. The third kappa shape index (κ3) is 14.7. The molecule has 348 valence electrons. The molecule has 5 N–H and O–H groups in total. The normalized spacial score (nSPS) is 32.2. The average Bonchev–Trinajstić information content (AvgIpc) is 3.60. The molecule has 4 aliphatic carbocycles. The van der Waals surface area contributed by atoms with Gasteiger partial charge >= 0.3 is 5.97 Å². The first-order valence-electron chi connectivity index (χ1n) is 24.9. The number of carbonyl (C=O) groups excluding carboxylic acids is 2. The number of amides is 2. The van der Waals surface area contributed by atoms with Gasteiger partial charge in [-0.1, -0.05) is 114 Å². The lowest BCUT2D eigenvalue weighted by Crippen LogP contribution is -2.62. The van der Waals surface area contributed by atoms with Crippen molar-refractivity contribution in [3.63, 3.8) is 0 Å². The predicted octanol–water partition coefficient (Wildman–Crippen LogP) is 11.4. The molecule has 0 aromatic heterocycles. The van der Waals surface area contributed by atoms with Crippen LogP contribution >= 0.6 is 0 Å². The van der Waals surface area contributed by atoms with Gasteiger partial charge in [0, 0.05) is 19.4 Å². The summed E-state index contributed by atoms with van der Waals surface area (Å²) in [5, 5.41) is 38.3. The number of nitrogens with one attached hydrogen (secondary N) is 2. The lowest BCUT2D eigenvalue weighted by Gasteiger charge is -2.64. The Kier molecular flexibility index (Phi) is 22.0. The van der Waals surface area contributed by atoms with Gasteiger partial charge in [0.25, 0.3) is 0 Å². The van der Waals surface area contributed by atoms with Gasteiger partial charge in [0.05, 0.1) is 12.2 Å².